The van der Waals surface area contributed by atoms with Gasteiger partial charge in [-0.25, -0.2) is 8.78 Å². The topological polar surface area (TPSA) is 61.8 Å². The number of nitriles is 1. The van der Waals surface area contributed by atoms with Gasteiger partial charge >= 0.3 is 0 Å². The van der Waals surface area contributed by atoms with E-state index in [9.17, 15) is 8.78 Å². The average Bonchev–Trinajstić information content (AvgIpc) is 2.14. The van der Waals surface area contributed by atoms with Gasteiger partial charge in [0.15, 0.2) is 11.6 Å². The molecule has 0 atom stereocenters. The Morgan fingerprint density at radius 2 is 1.88 bits per heavy atom. The highest BCUT2D eigenvalue weighted by atomic mass is 19.1. The van der Waals surface area contributed by atoms with Crippen molar-refractivity contribution in [2.24, 2.45) is 5.73 Å². The van der Waals surface area contributed by atoms with Crippen molar-refractivity contribution in [2.75, 3.05) is 11.9 Å². The van der Waals surface area contributed by atoms with Gasteiger partial charge in [0, 0.05) is 12.1 Å². The predicted molar refractivity (Wildman–Crippen MR) is 57.8 cm³/mol. The average molecular weight is 225 g/mol. The van der Waals surface area contributed by atoms with Gasteiger partial charge in [-0.1, -0.05) is 0 Å². The third kappa shape index (κ3) is 3.17. The van der Waals surface area contributed by atoms with Crippen LogP contribution in [-0.4, -0.2) is 12.1 Å². The molecule has 16 heavy (non-hydrogen) atoms. The van der Waals surface area contributed by atoms with Crippen LogP contribution in [0.1, 0.15) is 19.4 Å². The van der Waals surface area contributed by atoms with Crippen molar-refractivity contribution in [3.05, 3.63) is 29.3 Å². The predicted octanol–water partition coefficient (Wildman–Crippen LogP) is 1.99. The highest BCUT2D eigenvalue weighted by Crippen LogP contribution is 2.20. The molecule has 0 fully saturated rings. The van der Waals surface area contributed by atoms with Gasteiger partial charge in [0.05, 0.1) is 11.6 Å². The van der Waals surface area contributed by atoms with E-state index in [1.807, 2.05) is 0 Å². The van der Waals surface area contributed by atoms with Gasteiger partial charge in [-0.3, -0.25) is 0 Å². The summed E-state index contributed by atoms with van der Waals surface area (Å²) in [4.78, 5) is 0. The summed E-state index contributed by atoms with van der Waals surface area (Å²) >= 11 is 0. The fourth-order valence-electron chi connectivity index (χ4n) is 1.12. The number of nitrogens with one attached hydrogen (secondary N) is 1. The Hall–Kier alpha value is -1.67. The van der Waals surface area contributed by atoms with Crippen LogP contribution in [0.4, 0.5) is 14.5 Å². The van der Waals surface area contributed by atoms with Gasteiger partial charge < -0.3 is 11.1 Å². The molecule has 0 unspecified atom stereocenters. The van der Waals surface area contributed by atoms with E-state index in [4.69, 9.17) is 11.0 Å². The molecule has 1 rings (SSSR count). The molecule has 1 aromatic carbocycles. The third-order valence-corrected chi connectivity index (χ3v) is 1.89. The minimum absolute atomic E-state index is 0.0486. The van der Waals surface area contributed by atoms with E-state index in [2.05, 4.69) is 5.32 Å². The Balaban J connectivity index is 2.94. The summed E-state index contributed by atoms with van der Waals surface area (Å²) in [6.07, 6.45) is 0. The summed E-state index contributed by atoms with van der Waals surface area (Å²) in [5.74, 6) is -1.58. The fraction of sp³-hybridized carbons (Fsp3) is 0.364. The Morgan fingerprint density at radius 3 is 2.25 bits per heavy atom. The van der Waals surface area contributed by atoms with Crippen molar-refractivity contribution in [3.8, 4) is 6.07 Å². The molecular weight excluding hydrogens is 212 g/mol. The standard InChI is InChI=1S/C11H13F2N3/c1-11(2,15)6-16-10-8(12)3-7(5-14)4-9(10)13/h3-4,16H,6,15H2,1-2H3. The first-order chi connectivity index (χ1) is 7.33. The minimum Gasteiger partial charge on any atom is -0.378 e. The maximum Gasteiger partial charge on any atom is 0.150 e. The third-order valence-electron chi connectivity index (χ3n) is 1.89. The minimum atomic E-state index is -0.791. The molecule has 3 nitrogen and oxygen atoms in total. The number of nitrogens with two attached hydrogens (primary N) is 1. The maximum atomic E-state index is 13.4. The molecule has 0 aromatic heterocycles. The highest BCUT2D eigenvalue weighted by Gasteiger charge is 2.15. The summed E-state index contributed by atoms with van der Waals surface area (Å²) in [5.41, 5.74) is 4.80. The zero-order chi connectivity index (χ0) is 12.3. The number of benzene rings is 1. The van der Waals surface area contributed by atoms with Crippen molar-refractivity contribution in [2.45, 2.75) is 19.4 Å². The normalized spacial score (nSPS) is 11.0. The van der Waals surface area contributed by atoms with Crippen LogP contribution in [0.3, 0.4) is 0 Å². The molecule has 0 aliphatic carbocycles. The number of hydrogen-bond acceptors (Lipinski definition) is 3. The molecule has 86 valence electrons. The van der Waals surface area contributed by atoms with Crippen LogP contribution < -0.4 is 11.1 Å². The Labute approximate surface area is 92.9 Å². The maximum absolute atomic E-state index is 13.4. The van der Waals surface area contributed by atoms with E-state index >= 15 is 0 Å². The van der Waals surface area contributed by atoms with E-state index < -0.39 is 17.2 Å². The lowest BCUT2D eigenvalue weighted by molar-refractivity contribution is 0.538. The van der Waals surface area contributed by atoms with Gasteiger partial charge in [0.2, 0.25) is 0 Å². The summed E-state index contributed by atoms with van der Waals surface area (Å²) in [6, 6.07) is 3.64. The molecule has 0 aliphatic heterocycles. The first-order valence-corrected chi connectivity index (χ1v) is 4.75. The molecule has 0 saturated heterocycles. The molecule has 0 radical (unpaired) electrons. The van der Waals surface area contributed by atoms with Crippen LogP contribution in [-0.2, 0) is 0 Å². The Kier molecular flexibility index (Phi) is 3.45. The second-order valence-corrected chi connectivity index (χ2v) is 4.27. The van der Waals surface area contributed by atoms with E-state index in [-0.39, 0.29) is 17.8 Å². The van der Waals surface area contributed by atoms with E-state index in [1.54, 1.807) is 19.9 Å². The number of halogens is 2. The Bertz CT molecular complexity index is 407. The molecule has 0 saturated carbocycles. The first kappa shape index (κ1) is 12.4. The van der Waals surface area contributed by atoms with Crippen molar-refractivity contribution < 1.29 is 8.78 Å². The lowest BCUT2D eigenvalue weighted by Gasteiger charge is -2.20. The van der Waals surface area contributed by atoms with Crippen molar-refractivity contribution >= 4 is 5.69 Å². The number of anilines is 1. The summed E-state index contributed by atoms with van der Waals surface area (Å²) in [5, 5.41) is 11.1. The molecular formula is C11H13F2N3. The number of hydrogen-bond donors (Lipinski definition) is 2. The zero-order valence-corrected chi connectivity index (χ0v) is 9.14. The van der Waals surface area contributed by atoms with Crippen LogP contribution >= 0.6 is 0 Å². The largest absolute Gasteiger partial charge is 0.378 e. The SMILES string of the molecule is CC(C)(N)CNc1c(F)cc(C#N)cc1F. The fourth-order valence-corrected chi connectivity index (χ4v) is 1.12. The van der Waals surface area contributed by atoms with Gasteiger partial charge in [-0.2, -0.15) is 5.26 Å². The second-order valence-electron chi connectivity index (χ2n) is 4.27. The van der Waals surface area contributed by atoms with Crippen LogP contribution in [0.15, 0.2) is 12.1 Å². The van der Waals surface area contributed by atoms with Crippen LogP contribution in [0.2, 0.25) is 0 Å². The van der Waals surface area contributed by atoms with Crippen molar-refractivity contribution in [1.82, 2.24) is 0 Å². The lowest BCUT2D eigenvalue weighted by atomic mass is 10.1. The van der Waals surface area contributed by atoms with E-state index in [0.717, 1.165) is 12.1 Å². The second kappa shape index (κ2) is 4.45. The molecule has 0 aliphatic rings. The van der Waals surface area contributed by atoms with Crippen LogP contribution in [0, 0.1) is 23.0 Å². The monoisotopic (exact) mass is 225 g/mol. The molecule has 0 bridgehead atoms. The Morgan fingerprint density at radius 1 is 1.38 bits per heavy atom. The van der Waals surface area contributed by atoms with Crippen LogP contribution in [0.5, 0.6) is 0 Å². The highest BCUT2D eigenvalue weighted by molar-refractivity contribution is 5.50. The number of nitrogens with zero attached hydrogens (tertiary/aromatic N) is 1. The zero-order valence-electron chi connectivity index (χ0n) is 9.14. The molecule has 1 aromatic rings. The van der Waals surface area contributed by atoms with Crippen LogP contribution in [0.25, 0.3) is 0 Å². The first-order valence-electron chi connectivity index (χ1n) is 4.75. The van der Waals surface area contributed by atoms with Crippen molar-refractivity contribution in [1.29, 1.82) is 5.26 Å². The lowest BCUT2D eigenvalue weighted by Crippen LogP contribution is -2.39. The van der Waals surface area contributed by atoms with E-state index in [0.29, 0.717) is 0 Å². The van der Waals surface area contributed by atoms with E-state index in [1.165, 1.54) is 0 Å². The smallest absolute Gasteiger partial charge is 0.150 e. The summed E-state index contributed by atoms with van der Waals surface area (Å²) in [6.45, 7) is 3.70. The molecule has 0 heterocycles. The molecule has 0 spiro atoms. The summed E-state index contributed by atoms with van der Waals surface area (Å²) in [7, 11) is 0. The van der Waals surface area contributed by atoms with Gasteiger partial charge in [-0.05, 0) is 26.0 Å². The van der Waals surface area contributed by atoms with Gasteiger partial charge in [0.1, 0.15) is 5.69 Å². The molecule has 0 amide bonds. The van der Waals surface area contributed by atoms with Gasteiger partial charge in [0.25, 0.3) is 0 Å². The quantitative estimate of drug-likeness (QED) is 0.826. The number of rotatable bonds is 3. The summed E-state index contributed by atoms with van der Waals surface area (Å²) < 4.78 is 26.8. The molecule has 5 heteroatoms. The van der Waals surface area contributed by atoms with Gasteiger partial charge in [-0.15, -0.1) is 0 Å². The van der Waals surface area contributed by atoms with Crippen molar-refractivity contribution in [3.63, 3.8) is 0 Å². The molecule has 3 N–H and O–H groups in total.